The molecule has 0 fully saturated rings. The van der Waals surface area contributed by atoms with Crippen LogP contribution in [0.3, 0.4) is 0 Å². The first-order chi connectivity index (χ1) is 11.9. The van der Waals surface area contributed by atoms with E-state index in [-0.39, 0.29) is 23.9 Å². The highest BCUT2D eigenvalue weighted by molar-refractivity contribution is 7.89. The van der Waals surface area contributed by atoms with E-state index in [4.69, 9.17) is 10.1 Å². The van der Waals surface area contributed by atoms with Gasteiger partial charge in [0.05, 0.1) is 24.7 Å². The predicted octanol–water partition coefficient (Wildman–Crippen LogP) is 3.01. The molecular formula is C16H16FN3O3S2. The van der Waals surface area contributed by atoms with E-state index in [1.165, 1.54) is 47.6 Å². The van der Waals surface area contributed by atoms with Crippen LogP contribution in [0.25, 0.3) is 0 Å². The van der Waals surface area contributed by atoms with Gasteiger partial charge < -0.3 is 9.64 Å². The Morgan fingerprint density at radius 1 is 1.28 bits per heavy atom. The molecule has 0 saturated carbocycles. The van der Waals surface area contributed by atoms with Gasteiger partial charge in [0.25, 0.3) is 10.0 Å². The normalized spacial score (nSPS) is 15.3. The fraction of sp³-hybridized carbons (Fsp3) is 0.188. The first kappa shape index (κ1) is 17.4. The molecule has 25 heavy (non-hydrogen) atoms. The fourth-order valence-electron chi connectivity index (χ4n) is 2.37. The van der Waals surface area contributed by atoms with Gasteiger partial charge in [0.1, 0.15) is 12.4 Å². The number of hydrogen-bond donors (Lipinski definition) is 1. The van der Waals surface area contributed by atoms with E-state index in [2.05, 4.69) is 0 Å². The Bertz CT molecular complexity index is 893. The number of rotatable bonds is 5. The van der Waals surface area contributed by atoms with Crippen molar-refractivity contribution in [1.82, 2.24) is 9.21 Å². The Morgan fingerprint density at radius 3 is 2.60 bits per heavy atom. The molecule has 6 nitrogen and oxygen atoms in total. The predicted molar refractivity (Wildman–Crippen MR) is 93.7 cm³/mol. The van der Waals surface area contributed by atoms with E-state index in [0.717, 1.165) is 15.4 Å². The zero-order valence-electron chi connectivity index (χ0n) is 13.3. The van der Waals surface area contributed by atoms with Crippen molar-refractivity contribution < 1.29 is 17.5 Å². The van der Waals surface area contributed by atoms with Gasteiger partial charge in [0, 0.05) is 4.88 Å². The maximum Gasteiger partial charge on any atom is 0.265 e. The second-order valence-corrected chi connectivity index (χ2v) is 8.23. The highest BCUT2D eigenvalue weighted by Gasteiger charge is 2.31. The largest absolute Gasteiger partial charge is 0.497 e. The smallest absolute Gasteiger partial charge is 0.265 e. The molecule has 1 aliphatic heterocycles. The Balaban J connectivity index is 1.88. The van der Waals surface area contributed by atoms with Crippen molar-refractivity contribution in [2.24, 2.45) is 0 Å². The number of methoxy groups -OCH3 is 1. The molecule has 132 valence electrons. The molecule has 0 bridgehead atoms. The summed E-state index contributed by atoms with van der Waals surface area (Å²) in [6.07, 6.45) is 0.854. The summed E-state index contributed by atoms with van der Waals surface area (Å²) in [5.74, 6) is -0.685. The molecule has 2 aromatic rings. The van der Waals surface area contributed by atoms with Gasteiger partial charge in [0.15, 0.2) is 11.7 Å². The van der Waals surface area contributed by atoms with Crippen molar-refractivity contribution >= 4 is 27.2 Å². The van der Waals surface area contributed by atoms with Crippen LogP contribution in [-0.4, -0.2) is 37.2 Å². The molecule has 1 aromatic heterocycles. The lowest BCUT2D eigenvalue weighted by molar-refractivity contribution is 0.296. The molecule has 0 spiro atoms. The third-order valence-electron chi connectivity index (χ3n) is 3.70. The second kappa shape index (κ2) is 6.85. The molecule has 9 heteroatoms. The minimum atomic E-state index is -3.93. The first-order valence-electron chi connectivity index (χ1n) is 7.31. The molecule has 3 rings (SSSR count). The molecule has 0 saturated heterocycles. The lowest BCUT2D eigenvalue weighted by Gasteiger charge is -2.34. The van der Waals surface area contributed by atoms with Crippen molar-refractivity contribution in [3.8, 4) is 5.75 Å². The monoisotopic (exact) mass is 381 g/mol. The van der Waals surface area contributed by atoms with Gasteiger partial charge in [-0.25, -0.2) is 12.8 Å². The molecule has 0 aliphatic carbocycles. The fourth-order valence-corrected chi connectivity index (χ4v) is 4.36. The van der Waals surface area contributed by atoms with Gasteiger partial charge in [-0.15, -0.1) is 11.3 Å². The number of ether oxygens (including phenoxy) is 1. The molecule has 0 unspecified atom stereocenters. The molecule has 0 atom stereocenters. The number of nitrogens with zero attached hydrogens (tertiary/aromatic N) is 2. The number of halogens is 1. The van der Waals surface area contributed by atoms with Gasteiger partial charge in [-0.05, 0) is 35.7 Å². The zero-order valence-corrected chi connectivity index (χ0v) is 15.0. The average molecular weight is 381 g/mol. The van der Waals surface area contributed by atoms with Crippen molar-refractivity contribution in [2.75, 3.05) is 13.8 Å². The van der Waals surface area contributed by atoms with E-state index in [9.17, 15) is 12.8 Å². The molecular weight excluding hydrogens is 365 g/mol. The summed E-state index contributed by atoms with van der Waals surface area (Å²) in [4.78, 5) is 2.32. The Morgan fingerprint density at radius 2 is 2.00 bits per heavy atom. The Hall–Kier alpha value is -2.39. The molecule has 1 aliphatic rings. The van der Waals surface area contributed by atoms with E-state index in [1.807, 2.05) is 17.5 Å². The van der Waals surface area contributed by atoms with Crippen LogP contribution in [0, 0.1) is 5.41 Å². The van der Waals surface area contributed by atoms with Gasteiger partial charge in [-0.2, -0.15) is 0 Å². The van der Waals surface area contributed by atoms with Crippen LogP contribution >= 0.6 is 11.3 Å². The third kappa shape index (κ3) is 3.52. The number of amidine groups is 1. The highest BCUT2D eigenvalue weighted by atomic mass is 32.2. The van der Waals surface area contributed by atoms with Crippen LogP contribution in [-0.2, 0) is 16.6 Å². The van der Waals surface area contributed by atoms with Crippen LogP contribution in [0.4, 0.5) is 4.39 Å². The number of nitrogens with one attached hydrogen (secondary N) is 1. The van der Waals surface area contributed by atoms with Crippen LogP contribution in [0.5, 0.6) is 5.75 Å². The quantitative estimate of drug-likeness (QED) is 0.864. The summed E-state index contributed by atoms with van der Waals surface area (Å²) in [5, 5.41) is 9.73. The summed E-state index contributed by atoms with van der Waals surface area (Å²) in [6.45, 7) is 0.144. The van der Waals surface area contributed by atoms with E-state index >= 15 is 0 Å². The van der Waals surface area contributed by atoms with Crippen LogP contribution in [0.15, 0.2) is 58.7 Å². The maximum atomic E-state index is 14.1. The SMILES string of the molecule is COc1ccc(S(=O)(=O)N2C=C(F)C(=N)N(Cc3cccs3)C2)cc1. The maximum absolute atomic E-state index is 14.1. The Labute approximate surface area is 149 Å². The third-order valence-corrected chi connectivity index (χ3v) is 6.27. The summed E-state index contributed by atoms with van der Waals surface area (Å²) in [7, 11) is -2.44. The van der Waals surface area contributed by atoms with Gasteiger partial charge in [0.2, 0.25) is 0 Å². The highest BCUT2D eigenvalue weighted by Crippen LogP contribution is 2.25. The molecule has 0 radical (unpaired) electrons. The van der Waals surface area contributed by atoms with Crippen LogP contribution < -0.4 is 4.74 Å². The summed E-state index contributed by atoms with van der Waals surface area (Å²) in [6, 6.07) is 9.58. The second-order valence-electron chi connectivity index (χ2n) is 5.31. The summed E-state index contributed by atoms with van der Waals surface area (Å²) >= 11 is 1.47. The lowest BCUT2D eigenvalue weighted by atomic mass is 10.3. The van der Waals surface area contributed by atoms with E-state index < -0.39 is 15.9 Å². The minimum Gasteiger partial charge on any atom is -0.497 e. The summed E-state index contributed by atoms with van der Waals surface area (Å²) < 4.78 is 45.6. The minimum absolute atomic E-state index is 0.0295. The van der Waals surface area contributed by atoms with Crippen molar-refractivity contribution in [3.05, 3.63) is 58.7 Å². The van der Waals surface area contributed by atoms with Crippen LogP contribution in [0.1, 0.15) is 4.88 Å². The lowest BCUT2D eigenvalue weighted by Crippen LogP contribution is -2.45. The topological polar surface area (TPSA) is 73.7 Å². The van der Waals surface area contributed by atoms with Gasteiger partial charge in [-0.3, -0.25) is 9.71 Å². The molecule has 0 amide bonds. The number of sulfonamides is 1. The van der Waals surface area contributed by atoms with E-state index in [0.29, 0.717) is 5.75 Å². The number of hydrogen-bond acceptors (Lipinski definition) is 5. The Kier molecular flexibility index (Phi) is 4.78. The van der Waals surface area contributed by atoms with Gasteiger partial charge >= 0.3 is 0 Å². The standard InChI is InChI=1S/C16H16FN3O3S2/c1-23-12-4-6-14(7-5-12)25(21,22)20-10-15(17)16(18)19(11-20)9-13-3-2-8-24-13/h2-8,10,18H,9,11H2,1H3. The van der Waals surface area contributed by atoms with Crippen molar-refractivity contribution in [3.63, 3.8) is 0 Å². The van der Waals surface area contributed by atoms with Gasteiger partial charge in [-0.1, -0.05) is 6.07 Å². The zero-order chi connectivity index (χ0) is 18.0. The molecule has 1 N–H and O–H groups in total. The summed E-state index contributed by atoms with van der Waals surface area (Å²) in [5.41, 5.74) is 0. The van der Waals surface area contributed by atoms with Crippen molar-refractivity contribution in [2.45, 2.75) is 11.4 Å². The number of benzene rings is 1. The van der Waals surface area contributed by atoms with E-state index in [1.54, 1.807) is 0 Å². The molecule has 1 aromatic carbocycles. The molecule has 2 heterocycles. The van der Waals surface area contributed by atoms with Crippen molar-refractivity contribution in [1.29, 1.82) is 5.41 Å². The van der Waals surface area contributed by atoms with Crippen LogP contribution in [0.2, 0.25) is 0 Å². The number of thiophene rings is 1. The average Bonchev–Trinajstić information content (AvgIpc) is 3.11. The first-order valence-corrected chi connectivity index (χ1v) is 9.63.